The molecular formula is C26H22N4O4S3. The van der Waals surface area contributed by atoms with Gasteiger partial charge in [-0.2, -0.15) is 0 Å². The summed E-state index contributed by atoms with van der Waals surface area (Å²) in [5, 5.41) is 3.21. The van der Waals surface area contributed by atoms with Crippen LogP contribution in [0.5, 0.6) is 5.75 Å². The number of rotatable bonds is 9. The highest BCUT2D eigenvalue weighted by atomic mass is 32.2. The number of carbonyl (C=O) groups excluding carboxylic acids is 1. The van der Waals surface area contributed by atoms with Gasteiger partial charge >= 0.3 is 0 Å². The Morgan fingerprint density at radius 3 is 2.65 bits per heavy atom. The van der Waals surface area contributed by atoms with E-state index < -0.39 is 0 Å². The van der Waals surface area contributed by atoms with Crippen LogP contribution in [0.3, 0.4) is 0 Å². The van der Waals surface area contributed by atoms with Gasteiger partial charge in [0.1, 0.15) is 16.2 Å². The number of nitrogens with zero attached hydrogens (tertiary/aromatic N) is 3. The second-order valence-corrected chi connectivity index (χ2v) is 10.4. The van der Waals surface area contributed by atoms with Crippen LogP contribution in [-0.4, -0.2) is 32.4 Å². The van der Waals surface area contributed by atoms with Gasteiger partial charge in [0.15, 0.2) is 14.8 Å². The summed E-state index contributed by atoms with van der Waals surface area (Å²) in [6.07, 6.45) is 1.56. The Balaban J connectivity index is 1.59. The van der Waals surface area contributed by atoms with Crippen LogP contribution in [0.1, 0.15) is 12.7 Å². The topological polar surface area (TPSA) is 91.3 Å². The average molecular weight is 551 g/mol. The average Bonchev–Trinajstić information content (AvgIpc) is 3.55. The Labute approximate surface area is 225 Å². The largest absolute Gasteiger partial charge is 0.492 e. The maximum atomic E-state index is 13.8. The quantitative estimate of drug-likeness (QED) is 0.150. The molecule has 2 aromatic carbocycles. The van der Waals surface area contributed by atoms with E-state index in [-0.39, 0.29) is 23.8 Å². The van der Waals surface area contributed by atoms with E-state index in [0.717, 1.165) is 0 Å². The number of para-hydroxylation sites is 3. The van der Waals surface area contributed by atoms with Gasteiger partial charge in [-0.25, -0.2) is 4.98 Å². The van der Waals surface area contributed by atoms with Crippen molar-refractivity contribution in [3.05, 3.63) is 93.1 Å². The minimum Gasteiger partial charge on any atom is -0.492 e. The normalized spacial score (nSPS) is 11.1. The molecule has 0 aliphatic rings. The first-order chi connectivity index (χ1) is 18.1. The lowest BCUT2D eigenvalue weighted by Crippen LogP contribution is -2.26. The molecule has 1 amide bonds. The minimum absolute atomic E-state index is 0.0614. The first-order valence-electron chi connectivity index (χ1n) is 11.4. The van der Waals surface area contributed by atoms with Crippen molar-refractivity contribution in [1.29, 1.82) is 0 Å². The van der Waals surface area contributed by atoms with E-state index in [0.29, 0.717) is 48.9 Å². The van der Waals surface area contributed by atoms with Crippen molar-refractivity contribution in [2.45, 2.75) is 18.6 Å². The van der Waals surface area contributed by atoms with Crippen molar-refractivity contribution in [1.82, 2.24) is 19.4 Å². The van der Waals surface area contributed by atoms with Gasteiger partial charge in [-0.15, -0.1) is 0 Å². The van der Waals surface area contributed by atoms with Crippen LogP contribution in [0.25, 0.3) is 21.7 Å². The molecule has 0 saturated carbocycles. The molecule has 0 fully saturated rings. The lowest BCUT2D eigenvalue weighted by Gasteiger charge is -2.14. The molecule has 3 aromatic heterocycles. The van der Waals surface area contributed by atoms with Gasteiger partial charge in [0.05, 0.1) is 36.5 Å². The summed E-state index contributed by atoms with van der Waals surface area (Å²) in [6, 6.07) is 20.3. The van der Waals surface area contributed by atoms with Gasteiger partial charge in [-0.1, -0.05) is 53.4 Å². The smallest absolute Gasteiger partial charge is 0.278 e. The molecule has 188 valence electrons. The highest BCUT2D eigenvalue weighted by Gasteiger charge is 2.21. The molecular weight excluding hydrogens is 529 g/mol. The fourth-order valence-electron chi connectivity index (χ4n) is 3.75. The number of amides is 1. The van der Waals surface area contributed by atoms with E-state index in [9.17, 15) is 9.59 Å². The number of carbonyl (C=O) groups is 1. The molecule has 0 aliphatic carbocycles. The van der Waals surface area contributed by atoms with Crippen molar-refractivity contribution in [3.63, 3.8) is 0 Å². The lowest BCUT2D eigenvalue weighted by molar-refractivity contribution is -0.118. The van der Waals surface area contributed by atoms with Gasteiger partial charge in [-0.3, -0.25) is 18.7 Å². The van der Waals surface area contributed by atoms with Crippen LogP contribution in [-0.2, 0) is 11.3 Å². The van der Waals surface area contributed by atoms with Crippen molar-refractivity contribution in [2.75, 3.05) is 12.4 Å². The monoisotopic (exact) mass is 550 g/mol. The number of nitrogens with one attached hydrogen (secondary N) is 1. The van der Waals surface area contributed by atoms with E-state index in [1.165, 1.54) is 27.7 Å². The van der Waals surface area contributed by atoms with Crippen LogP contribution in [0, 0.1) is 3.95 Å². The van der Waals surface area contributed by atoms with Gasteiger partial charge in [0, 0.05) is 0 Å². The number of hydrogen-bond acceptors (Lipinski definition) is 8. The fraction of sp³-hybridized carbons (Fsp3) is 0.154. The zero-order valence-electron chi connectivity index (χ0n) is 19.7. The van der Waals surface area contributed by atoms with Crippen LogP contribution >= 0.6 is 35.3 Å². The Morgan fingerprint density at radius 2 is 1.89 bits per heavy atom. The van der Waals surface area contributed by atoms with Crippen molar-refractivity contribution in [3.8, 4) is 17.1 Å². The predicted molar refractivity (Wildman–Crippen MR) is 148 cm³/mol. The number of thiazole rings is 1. The van der Waals surface area contributed by atoms with E-state index in [1.54, 1.807) is 23.0 Å². The number of ether oxygens (including phenoxy) is 1. The second-order valence-electron chi connectivity index (χ2n) is 7.77. The molecule has 0 bridgehead atoms. The van der Waals surface area contributed by atoms with Gasteiger partial charge in [0.2, 0.25) is 5.91 Å². The van der Waals surface area contributed by atoms with Crippen molar-refractivity contribution in [2.24, 2.45) is 0 Å². The van der Waals surface area contributed by atoms with Crippen LogP contribution in [0.4, 0.5) is 0 Å². The molecule has 5 rings (SSSR count). The van der Waals surface area contributed by atoms with Gasteiger partial charge in [0.25, 0.3) is 5.56 Å². The summed E-state index contributed by atoms with van der Waals surface area (Å²) in [5.41, 5.74) is 1.54. The molecule has 5 aromatic rings. The molecule has 0 unspecified atom stereocenters. The summed E-state index contributed by atoms with van der Waals surface area (Å²) in [4.78, 5) is 31.3. The van der Waals surface area contributed by atoms with Crippen molar-refractivity contribution < 1.29 is 13.9 Å². The maximum Gasteiger partial charge on any atom is 0.278 e. The number of benzene rings is 2. The number of hydrogen-bond donors (Lipinski definition) is 1. The maximum absolute atomic E-state index is 13.8. The van der Waals surface area contributed by atoms with Crippen LogP contribution in [0.15, 0.2) is 87.4 Å². The zero-order chi connectivity index (χ0) is 25.8. The van der Waals surface area contributed by atoms with E-state index in [4.69, 9.17) is 26.4 Å². The van der Waals surface area contributed by atoms with E-state index in [1.807, 2.05) is 61.5 Å². The lowest BCUT2D eigenvalue weighted by atomic mass is 10.3. The summed E-state index contributed by atoms with van der Waals surface area (Å²) >= 11 is 8.06. The summed E-state index contributed by atoms with van der Waals surface area (Å²) in [5.74, 6) is 1.15. The standard InChI is InChI=1S/C26H22N4O4S3/c1-2-33-20-13-7-6-12-19(20)30-23-22(37-26(30)35)24(32)29(17-9-4-3-5-10-17)25(28-23)36-16-21(31)27-15-18-11-8-14-34-18/h3-14H,2,15-16H2,1H3,(H,27,31). The van der Waals surface area contributed by atoms with Gasteiger partial charge < -0.3 is 14.5 Å². The molecule has 0 saturated heterocycles. The van der Waals surface area contributed by atoms with Crippen LogP contribution < -0.4 is 15.6 Å². The summed E-state index contributed by atoms with van der Waals surface area (Å²) in [6.45, 7) is 2.67. The molecule has 8 nitrogen and oxygen atoms in total. The summed E-state index contributed by atoms with van der Waals surface area (Å²) < 4.78 is 15.3. The number of furan rings is 1. The van der Waals surface area contributed by atoms with E-state index >= 15 is 0 Å². The summed E-state index contributed by atoms with van der Waals surface area (Å²) in [7, 11) is 0. The minimum atomic E-state index is -0.251. The highest BCUT2D eigenvalue weighted by molar-refractivity contribution is 7.99. The first-order valence-corrected chi connectivity index (χ1v) is 13.7. The molecule has 0 radical (unpaired) electrons. The fourth-order valence-corrected chi connectivity index (χ4v) is 5.87. The Bertz CT molecular complexity index is 1660. The van der Waals surface area contributed by atoms with Crippen LogP contribution in [0.2, 0.25) is 0 Å². The molecule has 0 spiro atoms. The highest BCUT2D eigenvalue weighted by Crippen LogP contribution is 2.31. The predicted octanol–water partition coefficient (Wildman–Crippen LogP) is 5.37. The number of aromatic nitrogens is 3. The Morgan fingerprint density at radius 1 is 1.11 bits per heavy atom. The Hall–Kier alpha value is -3.67. The third-order valence-electron chi connectivity index (χ3n) is 5.37. The zero-order valence-corrected chi connectivity index (χ0v) is 22.2. The molecule has 37 heavy (non-hydrogen) atoms. The molecule has 1 N–H and O–H groups in total. The number of thioether (sulfide) groups is 1. The Kier molecular flexibility index (Phi) is 7.54. The van der Waals surface area contributed by atoms with Gasteiger partial charge in [-0.05, 0) is 55.5 Å². The molecule has 3 heterocycles. The molecule has 0 aliphatic heterocycles. The number of fused-ring (bicyclic) bond motifs is 1. The molecule has 0 atom stereocenters. The third-order valence-corrected chi connectivity index (χ3v) is 7.66. The molecule has 11 heteroatoms. The van der Waals surface area contributed by atoms with E-state index in [2.05, 4.69) is 5.32 Å². The third kappa shape index (κ3) is 5.24. The SMILES string of the molecule is CCOc1ccccc1-n1c(=S)sc2c(=O)n(-c3ccccc3)c(SCC(=O)NCc3ccco3)nc21. The first kappa shape index (κ1) is 25.0. The second kappa shape index (κ2) is 11.2. The van der Waals surface area contributed by atoms with Crippen molar-refractivity contribution >= 4 is 51.6 Å².